The second-order valence-electron chi connectivity index (χ2n) is 18.0. The van der Waals surface area contributed by atoms with Crippen molar-refractivity contribution in [2.45, 2.75) is 44.4 Å². The molecular weight excluding hydrogens is 963 g/mol. The molecule has 4 aliphatic rings. The van der Waals surface area contributed by atoms with Crippen LogP contribution >= 0.6 is 0 Å². The number of aromatic hydroxyl groups is 1. The number of pyridine rings is 2. The molecule has 7 aromatic rings. The van der Waals surface area contributed by atoms with Gasteiger partial charge in [0.1, 0.15) is 43.5 Å². The summed E-state index contributed by atoms with van der Waals surface area (Å²) in [4.78, 5) is 56.2. The average Bonchev–Trinajstić information content (AvgIpc) is 3.45. The van der Waals surface area contributed by atoms with Crippen molar-refractivity contribution < 1.29 is 60.2 Å². The zero-order valence-electron chi connectivity index (χ0n) is 41.7. The van der Waals surface area contributed by atoms with Crippen molar-refractivity contribution in [3.63, 3.8) is 0 Å². The van der Waals surface area contributed by atoms with Crippen molar-refractivity contribution >= 4 is 11.8 Å². The Hall–Kier alpha value is -7.89. The molecule has 378 valence electrons. The molecular formula is C59H56ClLiN6O8. The Morgan fingerprint density at radius 2 is 0.933 bits per heavy atom. The van der Waals surface area contributed by atoms with Crippen molar-refractivity contribution in [2.75, 3.05) is 49.7 Å². The Balaban J connectivity index is 0.000000197. The van der Waals surface area contributed by atoms with Crippen LogP contribution in [0.4, 0.5) is 0 Å². The van der Waals surface area contributed by atoms with E-state index >= 15 is 0 Å². The fraction of sp³-hybridized carbons (Fsp3) is 0.220. The van der Waals surface area contributed by atoms with E-state index < -0.39 is 11.2 Å². The molecule has 6 heterocycles. The van der Waals surface area contributed by atoms with Crippen LogP contribution in [0.25, 0.3) is 0 Å². The third kappa shape index (κ3) is 11.6. The minimum Gasteiger partial charge on any atom is -1.00 e. The van der Waals surface area contributed by atoms with Crippen LogP contribution in [-0.2, 0) is 6.61 Å². The number of halogens is 1. The Labute approximate surface area is 453 Å². The van der Waals surface area contributed by atoms with E-state index in [0.717, 1.165) is 52.2 Å². The molecule has 0 spiro atoms. The number of ether oxygens (including phenoxy) is 3. The fourth-order valence-electron chi connectivity index (χ4n) is 9.77. The Morgan fingerprint density at radius 1 is 0.507 bits per heavy atom. The normalized spacial score (nSPS) is 18.0. The summed E-state index contributed by atoms with van der Waals surface area (Å²) >= 11 is 0. The third-order valence-electron chi connectivity index (χ3n) is 13.3. The quantitative estimate of drug-likeness (QED) is 0.203. The number of carbonyl (C=O) groups is 2. The number of nitrogens with zero attached hydrogens (tertiary/aromatic N) is 6. The fourth-order valence-corrected chi connectivity index (χ4v) is 9.77. The first-order chi connectivity index (χ1) is 35.9. The van der Waals surface area contributed by atoms with Crippen molar-refractivity contribution in [3.05, 3.63) is 248 Å². The number of hydrogen-bond acceptors (Lipinski definition) is 10. The molecule has 0 aliphatic carbocycles. The minimum atomic E-state index is -0.575. The molecule has 5 aromatic carbocycles. The standard InChI is InChI=1S/C33H31N3O4.C26H25N3O4.ClH.Li/c37-28-19-21-35-31(32(28)40-23-25-13-5-3-6-14-25)33(38)34-20-11-1-2-12-22-39-29-18-10-9-17-27(29)30(36(35)24-34)26-15-7-4-8-16-26;30-21-14-16-28-24(25(21)31)26(32)27-15-8-1-2-9-17-33-22-13-7-6-12-20(22)23(29(28)18-27)19-10-4-3-5-11-19;;/h1-10,13-19,21,30H,11-12,20,22-24H2;1-7,10-14,16,23,31H,8-9,15,17-18H2;1H;/q;;;+1/p-1/b2*2-1-;;/t30-;23-;;/m11../s1. The second kappa shape index (κ2) is 24.9. The number of fused-ring (bicyclic) bond motifs is 10. The molecule has 0 saturated carbocycles. The van der Waals surface area contributed by atoms with Crippen LogP contribution in [0.5, 0.6) is 23.0 Å². The predicted octanol–water partition coefficient (Wildman–Crippen LogP) is 2.73. The first-order valence-electron chi connectivity index (χ1n) is 24.7. The van der Waals surface area contributed by atoms with E-state index in [-0.39, 0.29) is 91.0 Å². The van der Waals surface area contributed by atoms with E-state index in [4.69, 9.17) is 14.2 Å². The number of carbonyl (C=O) groups excluding carboxylic acids is 2. The minimum absolute atomic E-state index is 0. The molecule has 11 rings (SSSR count). The number of aromatic nitrogens is 2. The monoisotopic (exact) mass is 1020 g/mol. The van der Waals surface area contributed by atoms with Gasteiger partial charge < -0.3 is 41.5 Å². The number of amides is 2. The number of benzene rings is 5. The van der Waals surface area contributed by atoms with Crippen LogP contribution in [-0.4, -0.2) is 75.7 Å². The Bertz CT molecular complexity index is 3260. The molecule has 1 N–H and O–H groups in total. The molecule has 4 aliphatic heterocycles. The topological polar surface area (TPSA) is 139 Å². The van der Waals surface area contributed by atoms with Gasteiger partial charge in [0.25, 0.3) is 11.8 Å². The van der Waals surface area contributed by atoms with Gasteiger partial charge in [0.05, 0.1) is 13.2 Å². The summed E-state index contributed by atoms with van der Waals surface area (Å²) < 4.78 is 22.0. The molecule has 2 amide bonds. The SMILES string of the molecule is O=C1c2c(O)c(=O)ccn2N2CN1CC/C=C\CCOc1ccccc1[C@H]2c1ccccc1.O=C1c2c(OCc3ccccc3)c(=O)ccn2N2CN1CC/C=C\CCOc1ccccc1[C@H]2c1ccccc1.[Cl-].[Li+]. The number of rotatable bonds is 5. The smallest absolute Gasteiger partial charge is 1.00 e. The van der Waals surface area contributed by atoms with Crippen LogP contribution in [0.1, 0.15) is 86.6 Å². The molecule has 0 fully saturated rings. The van der Waals surface area contributed by atoms with Crippen LogP contribution in [0.15, 0.2) is 198 Å². The second-order valence-corrected chi connectivity index (χ2v) is 18.0. The van der Waals surface area contributed by atoms with Gasteiger partial charge in [-0.15, -0.1) is 0 Å². The van der Waals surface area contributed by atoms with Gasteiger partial charge in [0, 0.05) is 48.7 Å². The van der Waals surface area contributed by atoms with Crippen molar-refractivity contribution in [1.82, 2.24) is 19.2 Å². The van der Waals surface area contributed by atoms with Gasteiger partial charge in [-0.2, -0.15) is 0 Å². The molecule has 4 bridgehead atoms. The van der Waals surface area contributed by atoms with E-state index in [1.807, 2.05) is 132 Å². The number of hydrogen-bond donors (Lipinski definition) is 1. The zero-order chi connectivity index (χ0) is 50.1. The Morgan fingerprint density at radius 3 is 1.45 bits per heavy atom. The molecule has 0 saturated heterocycles. The van der Waals surface area contributed by atoms with Crippen LogP contribution in [0.3, 0.4) is 0 Å². The van der Waals surface area contributed by atoms with E-state index in [9.17, 15) is 24.3 Å². The van der Waals surface area contributed by atoms with E-state index in [1.165, 1.54) is 12.1 Å². The van der Waals surface area contributed by atoms with Gasteiger partial charge in [-0.3, -0.25) is 38.5 Å². The summed E-state index contributed by atoms with van der Waals surface area (Å²) in [6.45, 7) is 2.88. The van der Waals surface area contributed by atoms with Crippen LogP contribution in [0.2, 0.25) is 0 Å². The van der Waals surface area contributed by atoms with Gasteiger partial charge in [-0.1, -0.05) is 152 Å². The molecule has 0 unspecified atom stereocenters. The summed E-state index contributed by atoms with van der Waals surface area (Å²) in [7, 11) is 0. The van der Waals surface area contributed by atoms with Crippen molar-refractivity contribution in [1.29, 1.82) is 0 Å². The van der Waals surface area contributed by atoms with E-state index in [0.29, 0.717) is 45.8 Å². The summed E-state index contributed by atoms with van der Waals surface area (Å²) in [6, 6.07) is 47.8. The van der Waals surface area contributed by atoms with Gasteiger partial charge in [0.15, 0.2) is 22.9 Å². The zero-order valence-corrected chi connectivity index (χ0v) is 42.5. The summed E-state index contributed by atoms with van der Waals surface area (Å²) in [5, 5.41) is 14.7. The summed E-state index contributed by atoms with van der Waals surface area (Å²) in [5.74, 6) is 0.484. The molecule has 2 aromatic heterocycles. The summed E-state index contributed by atoms with van der Waals surface area (Å²) in [5.41, 5.74) is 4.17. The first kappa shape index (κ1) is 53.4. The maximum Gasteiger partial charge on any atom is 1.00 e. The van der Waals surface area contributed by atoms with E-state index in [1.54, 1.807) is 31.5 Å². The summed E-state index contributed by atoms with van der Waals surface area (Å²) in [6.07, 6.45) is 14.4. The average molecular weight is 1020 g/mol. The van der Waals surface area contributed by atoms with E-state index in [2.05, 4.69) is 41.4 Å². The van der Waals surface area contributed by atoms with Crippen molar-refractivity contribution in [2.24, 2.45) is 0 Å². The van der Waals surface area contributed by atoms with Gasteiger partial charge in [-0.05, 0) is 54.5 Å². The third-order valence-corrected chi connectivity index (χ3v) is 13.3. The molecule has 0 radical (unpaired) electrons. The Kier molecular flexibility index (Phi) is 17.7. The van der Waals surface area contributed by atoms with Crippen LogP contribution < -0.4 is 66.4 Å². The van der Waals surface area contributed by atoms with Gasteiger partial charge in [-0.25, -0.2) is 0 Å². The van der Waals surface area contributed by atoms with Gasteiger partial charge >= 0.3 is 18.9 Å². The maximum absolute atomic E-state index is 14.0. The molecule has 16 heteroatoms. The molecule has 2 atom stereocenters. The number of para-hydroxylation sites is 2. The van der Waals surface area contributed by atoms with Gasteiger partial charge in [0.2, 0.25) is 10.9 Å². The molecule has 14 nitrogen and oxygen atoms in total. The predicted molar refractivity (Wildman–Crippen MR) is 279 cm³/mol. The van der Waals surface area contributed by atoms with Crippen molar-refractivity contribution in [3.8, 4) is 23.0 Å². The molecule has 75 heavy (non-hydrogen) atoms. The largest absolute Gasteiger partial charge is 1.00 e. The first-order valence-corrected chi connectivity index (χ1v) is 24.7. The van der Waals surface area contributed by atoms with Crippen LogP contribution in [0, 0.1) is 0 Å². The maximum atomic E-state index is 14.0.